The monoisotopic (exact) mass is 575 g/mol. The number of carbonyl (C=O) groups excluding carboxylic acids is 1. The Morgan fingerprint density at radius 2 is 1.84 bits per heavy atom. The molecule has 3 aromatic carbocycles. The maximum absolute atomic E-state index is 13.5. The van der Waals surface area contributed by atoms with Gasteiger partial charge in [-0.25, -0.2) is 9.78 Å². The average molecular weight is 576 g/mol. The molecule has 0 saturated heterocycles. The van der Waals surface area contributed by atoms with Gasteiger partial charge in [-0.1, -0.05) is 30.3 Å². The third kappa shape index (κ3) is 5.03. The summed E-state index contributed by atoms with van der Waals surface area (Å²) in [7, 11) is 1.29. The largest absolute Gasteiger partial charge is 0.490 e. The molecule has 9 nitrogen and oxygen atoms in total. The van der Waals surface area contributed by atoms with Gasteiger partial charge < -0.3 is 18.6 Å². The SMILES string of the molecule is CCOc1cc(C=Nn2c(-c3cc4ccccc4o3)nc3ccccc3c2=O)c(Br)cc1OCC(=O)OC. The van der Waals surface area contributed by atoms with Gasteiger partial charge in [-0.2, -0.15) is 9.78 Å². The molecule has 2 heterocycles. The van der Waals surface area contributed by atoms with Gasteiger partial charge in [0, 0.05) is 15.4 Å². The number of rotatable bonds is 8. The van der Waals surface area contributed by atoms with Crippen molar-refractivity contribution in [2.75, 3.05) is 20.3 Å². The summed E-state index contributed by atoms with van der Waals surface area (Å²) in [5.74, 6) is 0.916. The molecule has 0 bridgehead atoms. The first-order valence-corrected chi connectivity index (χ1v) is 12.5. The minimum Gasteiger partial charge on any atom is -0.490 e. The first-order chi connectivity index (χ1) is 18.5. The molecule has 0 aliphatic rings. The molecule has 5 rings (SSSR count). The lowest BCUT2D eigenvalue weighted by molar-refractivity contribution is -0.142. The predicted octanol–water partition coefficient (Wildman–Crippen LogP) is 5.40. The van der Waals surface area contributed by atoms with E-state index in [1.165, 1.54) is 18.0 Å². The van der Waals surface area contributed by atoms with Crippen LogP contribution in [0.2, 0.25) is 0 Å². The second-order valence-electron chi connectivity index (χ2n) is 8.08. The normalized spacial score (nSPS) is 11.3. The van der Waals surface area contributed by atoms with E-state index in [1.807, 2.05) is 43.3 Å². The maximum Gasteiger partial charge on any atom is 0.343 e. The van der Waals surface area contributed by atoms with E-state index in [0.717, 1.165) is 5.39 Å². The van der Waals surface area contributed by atoms with Gasteiger partial charge in [0.2, 0.25) is 5.82 Å². The number of halogens is 1. The molecule has 192 valence electrons. The Morgan fingerprint density at radius 3 is 2.63 bits per heavy atom. The zero-order chi connectivity index (χ0) is 26.6. The van der Waals surface area contributed by atoms with Crippen molar-refractivity contribution in [1.29, 1.82) is 0 Å². The van der Waals surface area contributed by atoms with Crippen LogP contribution in [0.25, 0.3) is 33.5 Å². The number of hydrogen-bond donors (Lipinski definition) is 0. The number of nitrogens with zero attached hydrogens (tertiary/aromatic N) is 3. The lowest BCUT2D eigenvalue weighted by Gasteiger charge is -2.13. The molecule has 2 aromatic heterocycles. The fourth-order valence-corrected chi connectivity index (χ4v) is 4.25. The van der Waals surface area contributed by atoms with Gasteiger partial charge in [-0.3, -0.25) is 4.79 Å². The molecule has 0 fully saturated rings. The van der Waals surface area contributed by atoms with Crippen LogP contribution in [0.4, 0.5) is 0 Å². The molecule has 0 unspecified atom stereocenters. The number of fused-ring (bicyclic) bond motifs is 2. The van der Waals surface area contributed by atoms with Crippen molar-refractivity contribution in [2.45, 2.75) is 6.92 Å². The highest BCUT2D eigenvalue weighted by Crippen LogP contribution is 2.33. The first-order valence-electron chi connectivity index (χ1n) is 11.7. The Bertz CT molecular complexity index is 1710. The lowest BCUT2D eigenvalue weighted by Crippen LogP contribution is -2.20. The highest BCUT2D eigenvalue weighted by molar-refractivity contribution is 9.10. The molecule has 38 heavy (non-hydrogen) atoms. The molecule has 0 saturated carbocycles. The van der Waals surface area contributed by atoms with E-state index in [9.17, 15) is 9.59 Å². The summed E-state index contributed by atoms with van der Waals surface area (Å²) < 4.78 is 23.7. The van der Waals surface area contributed by atoms with Crippen molar-refractivity contribution in [2.24, 2.45) is 5.10 Å². The Kier molecular flexibility index (Phi) is 7.23. The smallest absolute Gasteiger partial charge is 0.343 e. The summed E-state index contributed by atoms with van der Waals surface area (Å²) >= 11 is 3.51. The third-order valence-corrected chi connectivity index (χ3v) is 6.33. The molecule has 0 spiro atoms. The molecular weight excluding hydrogens is 554 g/mol. The number of furan rings is 1. The Balaban J connectivity index is 1.61. The number of aromatic nitrogens is 2. The highest BCUT2D eigenvalue weighted by atomic mass is 79.9. The van der Waals surface area contributed by atoms with Crippen molar-refractivity contribution in [1.82, 2.24) is 9.66 Å². The molecule has 0 N–H and O–H groups in total. The maximum atomic E-state index is 13.5. The second-order valence-corrected chi connectivity index (χ2v) is 8.94. The van der Waals surface area contributed by atoms with Crippen LogP contribution < -0.4 is 15.0 Å². The van der Waals surface area contributed by atoms with Crippen LogP contribution in [0.3, 0.4) is 0 Å². The highest BCUT2D eigenvalue weighted by Gasteiger charge is 2.17. The summed E-state index contributed by atoms with van der Waals surface area (Å²) in [4.78, 5) is 29.7. The van der Waals surface area contributed by atoms with Crippen LogP contribution in [-0.2, 0) is 9.53 Å². The number of benzene rings is 3. The molecule has 10 heteroatoms. The number of ether oxygens (including phenoxy) is 3. The molecule has 0 aliphatic carbocycles. The number of carbonyl (C=O) groups is 1. The van der Waals surface area contributed by atoms with Gasteiger partial charge in [0.15, 0.2) is 23.9 Å². The third-order valence-electron chi connectivity index (χ3n) is 5.65. The molecule has 0 aliphatic heterocycles. The predicted molar refractivity (Wildman–Crippen MR) is 147 cm³/mol. The molecule has 5 aromatic rings. The van der Waals surface area contributed by atoms with Gasteiger partial charge in [-0.15, -0.1) is 0 Å². The van der Waals surface area contributed by atoms with E-state index < -0.39 is 5.97 Å². The van der Waals surface area contributed by atoms with Crippen molar-refractivity contribution in [3.8, 4) is 23.1 Å². The van der Waals surface area contributed by atoms with Crippen molar-refractivity contribution in [3.05, 3.63) is 87.1 Å². The van der Waals surface area contributed by atoms with Crippen molar-refractivity contribution >= 4 is 50.0 Å². The van der Waals surface area contributed by atoms with Crippen LogP contribution in [0.5, 0.6) is 11.5 Å². The zero-order valence-electron chi connectivity index (χ0n) is 20.5. The van der Waals surface area contributed by atoms with Crippen LogP contribution in [0, 0.1) is 0 Å². The Hall–Kier alpha value is -4.44. The summed E-state index contributed by atoms with van der Waals surface area (Å²) in [6, 6.07) is 19.8. The molecular formula is C28H22BrN3O6. The number of hydrogen-bond acceptors (Lipinski definition) is 8. The second kappa shape index (κ2) is 10.9. The molecule has 0 atom stereocenters. The summed E-state index contributed by atoms with van der Waals surface area (Å²) in [5.41, 5.74) is 1.47. The van der Waals surface area contributed by atoms with Gasteiger partial charge in [-0.05, 0) is 59.3 Å². The van der Waals surface area contributed by atoms with E-state index >= 15 is 0 Å². The van der Waals surface area contributed by atoms with E-state index in [4.69, 9.17) is 18.9 Å². The number of esters is 1. The zero-order valence-corrected chi connectivity index (χ0v) is 22.1. The Morgan fingerprint density at radius 1 is 1.08 bits per heavy atom. The minimum atomic E-state index is -0.518. The van der Waals surface area contributed by atoms with E-state index in [0.29, 0.717) is 50.4 Å². The van der Waals surface area contributed by atoms with Gasteiger partial charge in [0.05, 0.1) is 30.8 Å². The van der Waals surface area contributed by atoms with Gasteiger partial charge in [0.25, 0.3) is 5.56 Å². The van der Waals surface area contributed by atoms with Crippen LogP contribution in [0.15, 0.2) is 85.5 Å². The van der Waals surface area contributed by atoms with E-state index in [-0.39, 0.29) is 18.0 Å². The molecule has 0 radical (unpaired) electrons. The fraction of sp³-hybridized carbons (Fsp3) is 0.143. The fourth-order valence-electron chi connectivity index (χ4n) is 3.83. The molecule has 0 amide bonds. The van der Waals surface area contributed by atoms with Gasteiger partial charge in [0.1, 0.15) is 5.58 Å². The summed E-state index contributed by atoms with van der Waals surface area (Å²) in [6.45, 7) is 1.94. The van der Waals surface area contributed by atoms with Crippen LogP contribution in [-0.4, -0.2) is 42.2 Å². The van der Waals surface area contributed by atoms with Crippen LogP contribution >= 0.6 is 15.9 Å². The Labute approximate surface area is 225 Å². The van der Waals surface area contributed by atoms with Crippen LogP contribution in [0.1, 0.15) is 12.5 Å². The van der Waals surface area contributed by atoms with E-state index in [2.05, 4.69) is 25.8 Å². The topological polar surface area (TPSA) is 105 Å². The number of methoxy groups -OCH3 is 1. The quantitative estimate of drug-likeness (QED) is 0.180. The van der Waals surface area contributed by atoms with Gasteiger partial charge >= 0.3 is 5.97 Å². The van der Waals surface area contributed by atoms with Crippen molar-refractivity contribution in [3.63, 3.8) is 0 Å². The average Bonchev–Trinajstić information content (AvgIpc) is 3.37. The standard InChI is InChI=1S/C28H22BrN3O6/c1-3-36-23-13-18(20(29)14-24(23)37-16-26(33)35-2)15-30-32-27(25-12-17-8-4-7-11-22(17)38-25)31-21-10-6-5-9-19(21)28(32)34/h4-15H,3,16H2,1-2H3. The van der Waals surface area contributed by atoms with E-state index in [1.54, 1.807) is 30.3 Å². The van der Waals surface area contributed by atoms with Crippen molar-refractivity contribution < 1.29 is 23.4 Å². The number of para-hydroxylation sites is 2. The minimum absolute atomic E-state index is 0.264. The first kappa shape index (κ1) is 25.2. The lowest BCUT2D eigenvalue weighted by atomic mass is 10.2. The summed E-state index contributed by atoms with van der Waals surface area (Å²) in [5, 5.41) is 5.81. The summed E-state index contributed by atoms with van der Waals surface area (Å²) in [6.07, 6.45) is 1.51.